The average Bonchev–Trinajstić information content (AvgIpc) is 2.94. The molecule has 27 heavy (non-hydrogen) atoms. The van der Waals surface area contributed by atoms with E-state index in [0.29, 0.717) is 5.25 Å². The highest BCUT2D eigenvalue weighted by Gasteiger charge is 2.23. The molecule has 1 nitrogen and oxygen atoms in total. The van der Waals surface area contributed by atoms with Crippen LogP contribution in [-0.2, 0) is 0 Å². The molecule has 0 unspecified atom stereocenters. The fraction of sp³-hybridized carbons (Fsp3) is 0.0800. The van der Waals surface area contributed by atoms with Gasteiger partial charge in [0.1, 0.15) is 0 Å². The first-order valence-electron chi connectivity index (χ1n) is 9.25. The van der Waals surface area contributed by atoms with Crippen LogP contribution in [0.25, 0.3) is 10.8 Å². The summed E-state index contributed by atoms with van der Waals surface area (Å²) in [6.45, 7) is 0. The van der Waals surface area contributed by atoms with Gasteiger partial charge in [0.25, 0.3) is 0 Å². The molecule has 130 valence electrons. The van der Waals surface area contributed by atoms with Crippen LogP contribution in [-0.4, -0.2) is 5.71 Å². The Kier molecular flexibility index (Phi) is 4.27. The zero-order valence-electron chi connectivity index (χ0n) is 14.9. The van der Waals surface area contributed by atoms with Gasteiger partial charge in [-0.2, -0.15) is 0 Å². The van der Waals surface area contributed by atoms with Crippen molar-refractivity contribution in [1.82, 2.24) is 0 Å². The molecule has 0 aromatic heterocycles. The van der Waals surface area contributed by atoms with Gasteiger partial charge in [0, 0.05) is 22.3 Å². The molecule has 1 heterocycles. The number of thioether (sulfide) groups is 1. The van der Waals surface area contributed by atoms with E-state index < -0.39 is 0 Å². The highest BCUT2D eigenvalue weighted by molar-refractivity contribution is 7.99. The molecular formula is C25H19NS. The Bertz CT molecular complexity index is 1130. The van der Waals surface area contributed by atoms with Crippen LogP contribution in [0.5, 0.6) is 0 Å². The smallest absolute Gasteiger partial charge is 0.0769 e. The number of para-hydroxylation sites is 1. The molecule has 1 atom stereocenters. The summed E-state index contributed by atoms with van der Waals surface area (Å²) in [7, 11) is 0. The third kappa shape index (κ3) is 3.17. The van der Waals surface area contributed by atoms with E-state index in [0.717, 1.165) is 17.8 Å². The topological polar surface area (TPSA) is 12.4 Å². The van der Waals surface area contributed by atoms with Gasteiger partial charge in [0.15, 0.2) is 0 Å². The predicted octanol–water partition coefficient (Wildman–Crippen LogP) is 7.20. The van der Waals surface area contributed by atoms with Crippen LogP contribution < -0.4 is 0 Å². The molecule has 4 aromatic carbocycles. The van der Waals surface area contributed by atoms with E-state index in [1.54, 1.807) is 0 Å². The summed E-state index contributed by atoms with van der Waals surface area (Å²) in [4.78, 5) is 6.31. The van der Waals surface area contributed by atoms with Crippen molar-refractivity contribution in [3.05, 3.63) is 108 Å². The van der Waals surface area contributed by atoms with Crippen LogP contribution >= 0.6 is 11.8 Å². The van der Waals surface area contributed by atoms with Crippen molar-refractivity contribution < 1.29 is 0 Å². The highest BCUT2D eigenvalue weighted by Crippen LogP contribution is 2.46. The number of nitrogens with zero attached hydrogens (tertiary/aromatic N) is 1. The Morgan fingerprint density at radius 2 is 1.44 bits per heavy atom. The molecule has 1 aliphatic heterocycles. The molecule has 0 amide bonds. The van der Waals surface area contributed by atoms with Gasteiger partial charge in [0.05, 0.1) is 5.69 Å². The zero-order chi connectivity index (χ0) is 18.1. The van der Waals surface area contributed by atoms with Crippen LogP contribution in [0.1, 0.15) is 22.8 Å². The first-order chi connectivity index (χ1) is 13.4. The third-order valence-electron chi connectivity index (χ3n) is 5.05. The Morgan fingerprint density at radius 1 is 0.704 bits per heavy atom. The quantitative estimate of drug-likeness (QED) is 0.366. The van der Waals surface area contributed by atoms with E-state index in [9.17, 15) is 0 Å². The van der Waals surface area contributed by atoms with E-state index in [1.165, 1.54) is 26.8 Å². The van der Waals surface area contributed by atoms with Gasteiger partial charge in [-0.25, -0.2) is 0 Å². The van der Waals surface area contributed by atoms with Crippen LogP contribution in [0.4, 0.5) is 5.69 Å². The van der Waals surface area contributed by atoms with Crippen molar-refractivity contribution in [2.45, 2.75) is 16.6 Å². The number of fused-ring (bicyclic) bond motifs is 2. The second kappa shape index (κ2) is 7.05. The van der Waals surface area contributed by atoms with Gasteiger partial charge in [-0.05, 0) is 34.0 Å². The van der Waals surface area contributed by atoms with Crippen molar-refractivity contribution in [2.24, 2.45) is 4.99 Å². The number of hydrogen-bond donors (Lipinski definition) is 0. The normalized spacial score (nSPS) is 16.4. The second-order valence-electron chi connectivity index (χ2n) is 6.77. The lowest BCUT2D eigenvalue weighted by atomic mass is 9.97. The lowest BCUT2D eigenvalue weighted by Gasteiger charge is -2.18. The minimum atomic E-state index is 0.332. The number of rotatable bonds is 2. The molecule has 0 spiro atoms. The minimum Gasteiger partial charge on any atom is -0.252 e. The van der Waals surface area contributed by atoms with E-state index in [2.05, 4.69) is 97.1 Å². The lowest BCUT2D eigenvalue weighted by Crippen LogP contribution is -2.05. The van der Waals surface area contributed by atoms with Gasteiger partial charge in [0.2, 0.25) is 0 Å². The highest BCUT2D eigenvalue weighted by atomic mass is 32.2. The van der Waals surface area contributed by atoms with Crippen molar-refractivity contribution in [2.75, 3.05) is 0 Å². The maximum atomic E-state index is 5.06. The third-order valence-corrected chi connectivity index (χ3v) is 6.35. The van der Waals surface area contributed by atoms with Crippen molar-refractivity contribution in [3.8, 4) is 0 Å². The van der Waals surface area contributed by atoms with E-state index >= 15 is 0 Å². The molecule has 0 bridgehead atoms. The van der Waals surface area contributed by atoms with E-state index in [1.807, 2.05) is 11.8 Å². The van der Waals surface area contributed by atoms with Crippen molar-refractivity contribution in [3.63, 3.8) is 0 Å². The zero-order valence-corrected chi connectivity index (χ0v) is 15.7. The molecule has 4 aromatic rings. The summed E-state index contributed by atoms with van der Waals surface area (Å²) in [5, 5.41) is 2.97. The maximum absolute atomic E-state index is 5.06. The summed E-state index contributed by atoms with van der Waals surface area (Å²) < 4.78 is 0. The van der Waals surface area contributed by atoms with Crippen LogP contribution in [0.3, 0.4) is 0 Å². The van der Waals surface area contributed by atoms with Gasteiger partial charge >= 0.3 is 0 Å². The largest absolute Gasteiger partial charge is 0.252 e. The molecule has 5 rings (SSSR count). The molecule has 0 radical (unpaired) electrons. The minimum absolute atomic E-state index is 0.332. The van der Waals surface area contributed by atoms with Gasteiger partial charge < -0.3 is 0 Å². The summed E-state index contributed by atoms with van der Waals surface area (Å²) in [6, 6.07) is 34.4. The van der Waals surface area contributed by atoms with E-state index in [4.69, 9.17) is 4.99 Å². The van der Waals surface area contributed by atoms with Gasteiger partial charge in [-0.15, -0.1) is 11.8 Å². The molecule has 0 saturated carbocycles. The number of benzene rings is 4. The Hall–Kier alpha value is -2.84. The second-order valence-corrected chi connectivity index (χ2v) is 8.02. The monoisotopic (exact) mass is 365 g/mol. The number of aliphatic imine (C=N–C) groups is 1. The molecule has 0 fully saturated rings. The number of hydrogen-bond acceptors (Lipinski definition) is 2. The van der Waals surface area contributed by atoms with Crippen LogP contribution in [0, 0.1) is 0 Å². The maximum Gasteiger partial charge on any atom is 0.0769 e. The van der Waals surface area contributed by atoms with Crippen LogP contribution in [0.2, 0.25) is 0 Å². The summed E-state index contributed by atoms with van der Waals surface area (Å²) in [5.74, 6) is 0. The van der Waals surface area contributed by atoms with Gasteiger partial charge in [-0.1, -0.05) is 84.9 Å². The van der Waals surface area contributed by atoms with Crippen LogP contribution in [0.15, 0.2) is 107 Å². The van der Waals surface area contributed by atoms with Gasteiger partial charge in [-0.3, -0.25) is 4.99 Å². The summed E-state index contributed by atoms with van der Waals surface area (Å²) in [5.41, 5.74) is 4.83. The first kappa shape index (κ1) is 16.3. The Balaban J connectivity index is 1.67. The first-order valence-corrected chi connectivity index (χ1v) is 10.1. The molecule has 0 N–H and O–H groups in total. The summed E-state index contributed by atoms with van der Waals surface area (Å²) in [6.07, 6.45) is 0.914. The average molecular weight is 366 g/mol. The van der Waals surface area contributed by atoms with Crippen molar-refractivity contribution >= 4 is 33.9 Å². The molecule has 0 saturated heterocycles. The lowest BCUT2D eigenvalue weighted by molar-refractivity contribution is 1.02. The fourth-order valence-corrected chi connectivity index (χ4v) is 5.00. The predicted molar refractivity (Wildman–Crippen MR) is 116 cm³/mol. The van der Waals surface area contributed by atoms with E-state index in [-0.39, 0.29) is 0 Å². The SMILES string of the molecule is c1ccc(C2=Nc3ccccc3S[C@@H](c3cccc4ccccc34)C2)cc1. The molecule has 0 aliphatic carbocycles. The summed E-state index contributed by atoms with van der Waals surface area (Å²) >= 11 is 1.93. The molecular weight excluding hydrogens is 346 g/mol. The Morgan fingerprint density at radius 3 is 2.37 bits per heavy atom. The Labute approximate surface area is 163 Å². The fourth-order valence-electron chi connectivity index (χ4n) is 3.73. The standard InChI is InChI=1S/C25H19NS/c1-2-10-19(11-3-1)23-17-25(27-24-16-7-6-15-22(24)26-23)21-14-8-12-18-9-4-5-13-20(18)21/h1-16,25H,17H2/t25-/m1/s1. The molecule has 1 aliphatic rings. The van der Waals surface area contributed by atoms with Crippen molar-refractivity contribution in [1.29, 1.82) is 0 Å². The molecule has 2 heteroatoms.